The first-order chi connectivity index (χ1) is 14.6. The van der Waals surface area contributed by atoms with Crippen LogP contribution in [0.25, 0.3) is 0 Å². The van der Waals surface area contributed by atoms with Crippen LogP contribution in [0.4, 0.5) is 0 Å². The first kappa shape index (κ1) is 22.4. The Kier molecular flexibility index (Phi) is 6.40. The zero-order valence-corrected chi connectivity index (χ0v) is 17.6. The number of hydrogen-bond donors (Lipinski definition) is 1. The van der Waals surface area contributed by atoms with E-state index in [1.165, 1.54) is 12.1 Å². The maximum atomic E-state index is 12.9. The van der Waals surface area contributed by atoms with Crippen LogP contribution in [-0.4, -0.2) is 66.0 Å². The Morgan fingerprint density at radius 1 is 1.13 bits per heavy atom. The van der Waals surface area contributed by atoms with E-state index in [-0.39, 0.29) is 49.5 Å². The number of nitrogens with one attached hydrogen (secondary N) is 1. The van der Waals surface area contributed by atoms with Crippen LogP contribution in [0.1, 0.15) is 54.3 Å². The van der Waals surface area contributed by atoms with Gasteiger partial charge in [-0.05, 0) is 39.3 Å². The van der Waals surface area contributed by atoms with Gasteiger partial charge < -0.3 is 14.2 Å². The largest absolute Gasteiger partial charge is 0.490 e. The van der Waals surface area contributed by atoms with E-state index in [2.05, 4.69) is 5.32 Å². The van der Waals surface area contributed by atoms with Gasteiger partial charge in [0.2, 0.25) is 11.8 Å². The topological polar surface area (TPSA) is 128 Å². The zero-order chi connectivity index (χ0) is 22.8. The number of esters is 1. The van der Waals surface area contributed by atoms with Gasteiger partial charge in [-0.25, -0.2) is 4.79 Å². The van der Waals surface area contributed by atoms with Crippen molar-refractivity contribution in [1.82, 2.24) is 10.2 Å². The Labute approximate surface area is 178 Å². The maximum Gasteiger partial charge on any atom is 0.332 e. The van der Waals surface area contributed by atoms with Crippen LogP contribution < -0.4 is 10.1 Å². The molecule has 1 saturated heterocycles. The molecule has 0 spiro atoms. The van der Waals surface area contributed by atoms with Crippen molar-refractivity contribution in [2.45, 2.75) is 45.3 Å². The van der Waals surface area contributed by atoms with E-state index < -0.39 is 41.2 Å². The molecule has 0 saturated carbocycles. The summed E-state index contributed by atoms with van der Waals surface area (Å²) >= 11 is 0. The molecule has 1 N–H and O–H groups in total. The van der Waals surface area contributed by atoms with Crippen molar-refractivity contribution >= 4 is 29.6 Å². The highest BCUT2D eigenvalue weighted by atomic mass is 16.6. The average Bonchev–Trinajstić information content (AvgIpc) is 2.92. The molecule has 1 aromatic rings. The minimum atomic E-state index is -1.05. The first-order valence-corrected chi connectivity index (χ1v) is 9.85. The summed E-state index contributed by atoms with van der Waals surface area (Å²) in [6.45, 7) is 5.09. The van der Waals surface area contributed by atoms with Crippen LogP contribution in [0.5, 0.6) is 5.75 Å². The molecule has 1 atom stereocenters. The summed E-state index contributed by atoms with van der Waals surface area (Å²) in [5.74, 6) is -2.71. The normalized spacial score (nSPS) is 18.7. The van der Waals surface area contributed by atoms with Crippen molar-refractivity contribution in [2.75, 3.05) is 19.8 Å². The van der Waals surface area contributed by atoms with Crippen molar-refractivity contribution in [1.29, 1.82) is 0 Å². The second-order valence-corrected chi connectivity index (χ2v) is 8.11. The molecule has 166 valence electrons. The van der Waals surface area contributed by atoms with Gasteiger partial charge in [0, 0.05) is 6.42 Å². The van der Waals surface area contributed by atoms with Gasteiger partial charge in [0.15, 0.2) is 0 Å². The summed E-state index contributed by atoms with van der Waals surface area (Å²) in [6.07, 6.45) is 0.118. The average molecular weight is 432 g/mol. The van der Waals surface area contributed by atoms with Crippen molar-refractivity contribution in [3.63, 3.8) is 0 Å². The summed E-state index contributed by atoms with van der Waals surface area (Å²) < 4.78 is 16.0. The Morgan fingerprint density at radius 3 is 2.55 bits per heavy atom. The van der Waals surface area contributed by atoms with E-state index in [9.17, 15) is 24.0 Å². The molecule has 1 aromatic carbocycles. The van der Waals surface area contributed by atoms with Gasteiger partial charge in [0.1, 0.15) is 30.6 Å². The van der Waals surface area contributed by atoms with Crippen molar-refractivity contribution < 1.29 is 38.2 Å². The summed E-state index contributed by atoms with van der Waals surface area (Å²) in [4.78, 5) is 61.7. The minimum Gasteiger partial charge on any atom is -0.490 e. The maximum absolute atomic E-state index is 12.9. The molecule has 0 aromatic heterocycles. The molecule has 1 fully saturated rings. The second kappa shape index (κ2) is 8.84. The third kappa shape index (κ3) is 5.08. The Morgan fingerprint density at radius 2 is 1.87 bits per heavy atom. The standard InChI is InChI=1S/C21H24N2O8/c1-21(2,3)31-16(25)11-29-9-10-30-14-6-4-5-12-17(14)20(28)23(19(12)27)13-7-8-15(24)22-18(13)26/h4-6,13H,7-11H2,1-3H3,(H,22,24,26). The molecule has 0 radical (unpaired) electrons. The summed E-state index contributed by atoms with van der Waals surface area (Å²) in [5, 5.41) is 2.15. The van der Waals surface area contributed by atoms with Crippen LogP contribution in [0.2, 0.25) is 0 Å². The van der Waals surface area contributed by atoms with E-state index in [4.69, 9.17) is 14.2 Å². The summed E-state index contributed by atoms with van der Waals surface area (Å²) in [6, 6.07) is 3.53. The van der Waals surface area contributed by atoms with Crippen molar-refractivity contribution in [2.24, 2.45) is 0 Å². The van der Waals surface area contributed by atoms with E-state index in [0.717, 1.165) is 4.90 Å². The number of ether oxygens (including phenoxy) is 3. The van der Waals surface area contributed by atoms with E-state index in [1.54, 1.807) is 26.8 Å². The Hall–Kier alpha value is -3.27. The minimum absolute atomic E-state index is 0.0269. The third-order valence-electron chi connectivity index (χ3n) is 4.56. The van der Waals surface area contributed by atoms with Gasteiger partial charge in [-0.2, -0.15) is 0 Å². The fourth-order valence-corrected chi connectivity index (χ4v) is 3.34. The predicted molar refractivity (Wildman–Crippen MR) is 105 cm³/mol. The SMILES string of the molecule is CC(C)(C)OC(=O)COCCOc1cccc2c1C(=O)N(C1CCC(=O)NC1=O)C2=O. The molecule has 2 aliphatic rings. The molecular formula is C21H24N2O8. The van der Waals surface area contributed by atoms with Crippen LogP contribution in [0, 0.1) is 0 Å². The van der Waals surface area contributed by atoms with Crippen molar-refractivity contribution in [3.05, 3.63) is 29.3 Å². The zero-order valence-electron chi connectivity index (χ0n) is 17.6. The lowest BCUT2D eigenvalue weighted by Gasteiger charge is -2.27. The number of carbonyl (C=O) groups excluding carboxylic acids is 5. The predicted octanol–water partition coefficient (Wildman–Crippen LogP) is 0.825. The molecule has 0 bridgehead atoms. The Bertz CT molecular complexity index is 934. The Balaban J connectivity index is 1.61. The number of piperidine rings is 1. The summed E-state index contributed by atoms with van der Waals surface area (Å²) in [7, 11) is 0. The molecule has 31 heavy (non-hydrogen) atoms. The summed E-state index contributed by atoms with van der Waals surface area (Å²) in [5.41, 5.74) is -0.422. The lowest BCUT2D eigenvalue weighted by Crippen LogP contribution is -2.54. The fourth-order valence-electron chi connectivity index (χ4n) is 3.34. The van der Waals surface area contributed by atoms with Gasteiger partial charge in [-0.15, -0.1) is 0 Å². The van der Waals surface area contributed by atoms with Crippen molar-refractivity contribution in [3.8, 4) is 5.75 Å². The third-order valence-corrected chi connectivity index (χ3v) is 4.56. The number of rotatable bonds is 7. The molecule has 2 aliphatic heterocycles. The number of imide groups is 2. The molecule has 4 amide bonds. The van der Waals surface area contributed by atoms with Crippen LogP contribution >= 0.6 is 0 Å². The highest BCUT2D eigenvalue weighted by Gasteiger charge is 2.45. The monoisotopic (exact) mass is 432 g/mol. The van der Waals surface area contributed by atoms with Crippen LogP contribution in [0.3, 0.4) is 0 Å². The highest BCUT2D eigenvalue weighted by molar-refractivity contribution is 6.24. The lowest BCUT2D eigenvalue weighted by molar-refractivity contribution is -0.160. The van der Waals surface area contributed by atoms with Gasteiger partial charge in [0.05, 0.1) is 17.7 Å². The van der Waals surface area contributed by atoms with E-state index in [0.29, 0.717) is 0 Å². The lowest BCUT2D eigenvalue weighted by atomic mass is 10.0. The first-order valence-electron chi connectivity index (χ1n) is 9.85. The van der Waals surface area contributed by atoms with Gasteiger partial charge in [0.25, 0.3) is 11.8 Å². The quantitative estimate of drug-likeness (QED) is 0.381. The number of carbonyl (C=O) groups is 5. The number of hydrogen-bond acceptors (Lipinski definition) is 8. The molecule has 0 aliphatic carbocycles. The molecular weight excluding hydrogens is 408 g/mol. The molecule has 10 nitrogen and oxygen atoms in total. The van der Waals surface area contributed by atoms with Crippen LogP contribution in [0.15, 0.2) is 18.2 Å². The molecule has 2 heterocycles. The smallest absolute Gasteiger partial charge is 0.332 e. The number of fused-ring (bicyclic) bond motifs is 1. The van der Waals surface area contributed by atoms with Gasteiger partial charge >= 0.3 is 5.97 Å². The second-order valence-electron chi connectivity index (χ2n) is 8.11. The molecule has 10 heteroatoms. The molecule has 1 unspecified atom stereocenters. The number of amides is 4. The van der Waals surface area contributed by atoms with Gasteiger partial charge in [-0.1, -0.05) is 6.07 Å². The molecule has 3 rings (SSSR count). The highest BCUT2D eigenvalue weighted by Crippen LogP contribution is 2.33. The number of benzene rings is 1. The van der Waals surface area contributed by atoms with Gasteiger partial charge in [-0.3, -0.25) is 29.4 Å². The van der Waals surface area contributed by atoms with E-state index in [1.807, 2.05) is 0 Å². The van der Waals surface area contributed by atoms with E-state index >= 15 is 0 Å². The van der Waals surface area contributed by atoms with Crippen LogP contribution in [-0.2, 0) is 23.9 Å². The fraction of sp³-hybridized carbons (Fsp3) is 0.476. The number of nitrogens with zero attached hydrogens (tertiary/aromatic N) is 1.